The van der Waals surface area contributed by atoms with Gasteiger partial charge in [-0.1, -0.05) is 6.92 Å². The summed E-state index contributed by atoms with van der Waals surface area (Å²) in [5.41, 5.74) is 1.16. The van der Waals surface area contributed by atoms with Gasteiger partial charge in [0.05, 0.1) is 19.0 Å². The molecule has 178 valence electrons. The average Bonchev–Trinajstić information content (AvgIpc) is 2.84. The van der Waals surface area contributed by atoms with Crippen LogP contribution in [-0.4, -0.2) is 79.4 Å². The largest absolute Gasteiger partial charge is 0.497 e. The van der Waals surface area contributed by atoms with E-state index in [0.29, 0.717) is 30.0 Å². The third-order valence-corrected chi connectivity index (χ3v) is 5.41. The number of rotatable bonds is 10. The summed E-state index contributed by atoms with van der Waals surface area (Å²) in [6, 6.07) is 10.6. The van der Waals surface area contributed by atoms with Crippen LogP contribution in [0.25, 0.3) is 0 Å². The van der Waals surface area contributed by atoms with Gasteiger partial charge >= 0.3 is 5.97 Å². The van der Waals surface area contributed by atoms with Gasteiger partial charge in [-0.3, -0.25) is 14.5 Å². The van der Waals surface area contributed by atoms with Gasteiger partial charge in [-0.2, -0.15) is 0 Å². The Morgan fingerprint density at radius 3 is 2.45 bits per heavy atom. The maximum Gasteiger partial charge on any atom is 0.305 e. The summed E-state index contributed by atoms with van der Waals surface area (Å²) in [4.78, 5) is 32.6. The number of ether oxygens (including phenoxy) is 2. The van der Waals surface area contributed by atoms with Gasteiger partial charge in [-0.25, -0.2) is 4.98 Å². The summed E-state index contributed by atoms with van der Waals surface area (Å²) < 4.78 is 10.2. The van der Waals surface area contributed by atoms with Gasteiger partial charge in [-0.05, 0) is 42.8 Å². The molecule has 0 saturated carbocycles. The summed E-state index contributed by atoms with van der Waals surface area (Å²) in [5.74, 6) is 1.06. The van der Waals surface area contributed by atoms with Gasteiger partial charge in [0.15, 0.2) is 0 Å². The Morgan fingerprint density at radius 2 is 1.85 bits per heavy atom. The van der Waals surface area contributed by atoms with Crippen molar-refractivity contribution in [2.75, 3.05) is 56.7 Å². The van der Waals surface area contributed by atoms with Crippen molar-refractivity contribution in [1.29, 1.82) is 0 Å². The van der Waals surface area contributed by atoms with Crippen LogP contribution in [0.2, 0.25) is 0 Å². The van der Waals surface area contributed by atoms with Crippen molar-refractivity contribution < 1.29 is 24.2 Å². The van der Waals surface area contributed by atoms with Crippen molar-refractivity contribution in [3.8, 4) is 5.75 Å². The smallest absolute Gasteiger partial charge is 0.305 e. The predicted octanol–water partition coefficient (Wildman–Crippen LogP) is 2.17. The molecule has 3 rings (SSSR count). The molecule has 0 radical (unpaired) electrons. The molecule has 33 heavy (non-hydrogen) atoms. The van der Waals surface area contributed by atoms with E-state index >= 15 is 0 Å². The monoisotopic (exact) mass is 456 g/mol. The van der Waals surface area contributed by atoms with E-state index in [1.54, 1.807) is 37.6 Å². The van der Waals surface area contributed by atoms with Crippen LogP contribution in [0.5, 0.6) is 5.75 Å². The molecule has 2 aromatic rings. The first-order chi connectivity index (χ1) is 16.0. The standard InChI is InChI=1S/C24H32N4O5/c1-3-4-23(30)33-17-20(29)16-27-11-13-28(14-12-27)22-10-7-19(15-25-22)26-24(31)18-5-8-21(32-2)9-6-18/h5-10,15,20,29H,3-4,11-14,16-17H2,1-2H3,(H,26,31). The average molecular weight is 457 g/mol. The van der Waals surface area contributed by atoms with Gasteiger partial charge in [0, 0.05) is 44.7 Å². The maximum atomic E-state index is 12.4. The van der Waals surface area contributed by atoms with Gasteiger partial charge in [0.2, 0.25) is 0 Å². The highest BCUT2D eigenvalue weighted by molar-refractivity contribution is 6.04. The van der Waals surface area contributed by atoms with E-state index in [-0.39, 0.29) is 18.5 Å². The Morgan fingerprint density at radius 1 is 1.12 bits per heavy atom. The summed E-state index contributed by atoms with van der Waals surface area (Å²) in [6.07, 6.45) is 2.07. The van der Waals surface area contributed by atoms with Gasteiger partial charge in [0.1, 0.15) is 24.3 Å². The van der Waals surface area contributed by atoms with E-state index in [9.17, 15) is 14.7 Å². The van der Waals surface area contributed by atoms with Gasteiger partial charge in [-0.15, -0.1) is 0 Å². The number of nitrogens with zero attached hydrogens (tertiary/aromatic N) is 3. The normalized spacial score (nSPS) is 15.1. The van der Waals surface area contributed by atoms with Crippen LogP contribution < -0.4 is 15.0 Å². The molecule has 1 aromatic heterocycles. The third-order valence-electron chi connectivity index (χ3n) is 5.41. The summed E-state index contributed by atoms with van der Waals surface area (Å²) in [5, 5.41) is 13.0. The van der Waals surface area contributed by atoms with Crippen molar-refractivity contribution in [1.82, 2.24) is 9.88 Å². The summed E-state index contributed by atoms with van der Waals surface area (Å²) >= 11 is 0. The second-order valence-electron chi connectivity index (χ2n) is 7.96. The number of methoxy groups -OCH3 is 1. The topological polar surface area (TPSA) is 104 Å². The number of β-amino-alcohol motifs (C(OH)–C–C–N with tert-alkyl or cyclic N) is 1. The second kappa shape index (κ2) is 12.2. The zero-order valence-electron chi connectivity index (χ0n) is 19.2. The van der Waals surface area contributed by atoms with E-state index in [2.05, 4.69) is 20.1 Å². The number of hydrogen-bond donors (Lipinski definition) is 2. The van der Waals surface area contributed by atoms with Crippen molar-refractivity contribution in [2.45, 2.75) is 25.9 Å². The fraction of sp³-hybridized carbons (Fsp3) is 0.458. The first-order valence-electron chi connectivity index (χ1n) is 11.2. The molecule has 1 fully saturated rings. The molecular weight excluding hydrogens is 424 g/mol. The van der Waals surface area contributed by atoms with Crippen molar-refractivity contribution in [3.63, 3.8) is 0 Å². The van der Waals surface area contributed by atoms with Gasteiger partial charge < -0.3 is 24.8 Å². The fourth-order valence-corrected chi connectivity index (χ4v) is 3.57. The summed E-state index contributed by atoms with van der Waals surface area (Å²) in [6.45, 7) is 5.51. The van der Waals surface area contributed by atoms with Crippen LogP contribution in [0.15, 0.2) is 42.6 Å². The Hall–Kier alpha value is -3.17. The molecule has 1 amide bonds. The van der Waals surface area contributed by atoms with E-state index in [4.69, 9.17) is 9.47 Å². The molecule has 0 spiro atoms. The van der Waals surface area contributed by atoms with Crippen molar-refractivity contribution in [2.24, 2.45) is 0 Å². The lowest BCUT2D eigenvalue weighted by Crippen LogP contribution is -2.49. The highest BCUT2D eigenvalue weighted by Crippen LogP contribution is 2.18. The highest BCUT2D eigenvalue weighted by Gasteiger charge is 2.21. The lowest BCUT2D eigenvalue weighted by molar-refractivity contribution is -0.147. The first-order valence-corrected chi connectivity index (χ1v) is 11.2. The number of amides is 1. The number of piperazine rings is 1. The molecule has 9 heteroatoms. The Labute approximate surface area is 194 Å². The molecule has 1 aliphatic rings. The maximum absolute atomic E-state index is 12.4. The molecule has 0 bridgehead atoms. The van der Waals surface area contributed by atoms with E-state index in [0.717, 1.165) is 38.4 Å². The number of esters is 1. The molecule has 9 nitrogen and oxygen atoms in total. The number of aliphatic hydroxyl groups excluding tert-OH is 1. The van der Waals surface area contributed by atoms with Crippen molar-refractivity contribution in [3.05, 3.63) is 48.2 Å². The number of aromatic nitrogens is 1. The molecule has 2 N–H and O–H groups in total. The number of pyridine rings is 1. The number of hydrogen-bond acceptors (Lipinski definition) is 8. The third kappa shape index (κ3) is 7.44. The zero-order chi connectivity index (χ0) is 23.6. The van der Waals surface area contributed by atoms with Crippen molar-refractivity contribution >= 4 is 23.4 Å². The molecule has 1 aromatic carbocycles. The van der Waals surface area contributed by atoms with Crippen LogP contribution >= 0.6 is 0 Å². The van der Waals surface area contributed by atoms with Crippen LogP contribution in [0.1, 0.15) is 30.1 Å². The molecule has 1 aliphatic heterocycles. The number of nitrogens with one attached hydrogen (secondary N) is 1. The fourth-order valence-electron chi connectivity index (χ4n) is 3.57. The Kier molecular flexibility index (Phi) is 9.03. The number of aliphatic hydroxyl groups is 1. The molecule has 0 aliphatic carbocycles. The molecule has 1 atom stereocenters. The van der Waals surface area contributed by atoms with Gasteiger partial charge in [0.25, 0.3) is 5.91 Å². The van der Waals surface area contributed by atoms with Crippen LogP contribution in [0, 0.1) is 0 Å². The number of anilines is 2. The second-order valence-corrected chi connectivity index (χ2v) is 7.96. The first kappa shape index (κ1) is 24.5. The molecule has 2 heterocycles. The molecular formula is C24H32N4O5. The minimum Gasteiger partial charge on any atom is -0.497 e. The number of carbonyl (C=O) groups is 2. The lowest BCUT2D eigenvalue weighted by Gasteiger charge is -2.36. The highest BCUT2D eigenvalue weighted by atomic mass is 16.5. The lowest BCUT2D eigenvalue weighted by atomic mass is 10.2. The molecule has 1 unspecified atom stereocenters. The quantitative estimate of drug-likeness (QED) is 0.524. The van der Waals surface area contributed by atoms with Crippen LogP contribution in [0.4, 0.5) is 11.5 Å². The number of carbonyl (C=O) groups excluding carboxylic acids is 2. The minimum atomic E-state index is -0.691. The van der Waals surface area contributed by atoms with Crippen LogP contribution in [0.3, 0.4) is 0 Å². The summed E-state index contributed by atoms with van der Waals surface area (Å²) in [7, 11) is 1.58. The van der Waals surface area contributed by atoms with Crippen LogP contribution in [-0.2, 0) is 9.53 Å². The minimum absolute atomic E-state index is 0.0321. The number of benzene rings is 1. The molecule has 1 saturated heterocycles. The van der Waals surface area contributed by atoms with E-state index in [1.807, 2.05) is 19.1 Å². The Balaban J connectivity index is 1.43. The van der Waals surface area contributed by atoms with E-state index in [1.165, 1.54) is 0 Å². The predicted molar refractivity (Wildman–Crippen MR) is 126 cm³/mol. The zero-order valence-corrected chi connectivity index (χ0v) is 19.2. The van der Waals surface area contributed by atoms with E-state index < -0.39 is 6.10 Å². The Bertz CT molecular complexity index is 896. The SMILES string of the molecule is CCCC(=O)OCC(O)CN1CCN(c2ccc(NC(=O)c3ccc(OC)cc3)cn2)CC1.